The van der Waals surface area contributed by atoms with Crippen molar-refractivity contribution in [3.63, 3.8) is 0 Å². The number of anilines is 1. The summed E-state index contributed by atoms with van der Waals surface area (Å²) in [4.78, 5) is 11.9. The summed E-state index contributed by atoms with van der Waals surface area (Å²) in [6, 6.07) is 3.19. The number of nitrogens with one attached hydrogen (secondary N) is 1. The van der Waals surface area contributed by atoms with Crippen LogP contribution in [0.1, 0.15) is 6.42 Å². The summed E-state index contributed by atoms with van der Waals surface area (Å²) in [5.74, 6) is -1.33. The van der Waals surface area contributed by atoms with E-state index >= 15 is 0 Å². The maximum Gasteiger partial charge on any atom is 0.247 e. The van der Waals surface area contributed by atoms with Crippen molar-refractivity contribution >= 4 is 21.4 Å². The third-order valence-corrected chi connectivity index (χ3v) is 4.23. The molecule has 8 heteroatoms. The van der Waals surface area contributed by atoms with Crippen molar-refractivity contribution < 1.29 is 22.3 Å². The molecular weight excluding hydrogens is 287 g/mol. The molecule has 1 atom stereocenters. The first-order valence-electron chi connectivity index (χ1n) is 5.90. The number of hydrogen-bond acceptors (Lipinski definition) is 5. The Morgan fingerprint density at radius 1 is 1.50 bits per heavy atom. The van der Waals surface area contributed by atoms with Crippen LogP contribution in [-0.2, 0) is 19.4 Å². The fraction of sp³-hybridized carbons (Fsp3) is 0.417. The lowest BCUT2D eigenvalue weighted by atomic mass is 9.99. The fourth-order valence-corrected chi connectivity index (χ4v) is 2.48. The Balaban J connectivity index is 2.27. The van der Waals surface area contributed by atoms with Gasteiger partial charge in [-0.25, -0.2) is 12.8 Å². The molecule has 0 saturated carbocycles. The van der Waals surface area contributed by atoms with Gasteiger partial charge in [0.2, 0.25) is 5.91 Å². The van der Waals surface area contributed by atoms with Crippen LogP contribution >= 0.6 is 0 Å². The van der Waals surface area contributed by atoms with E-state index in [-0.39, 0.29) is 17.2 Å². The molecule has 1 amide bonds. The molecule has 0 spiro atoms. The molecule has 1 aromatic carbocycles. The molecule has 1 unspecified atom stereocenters. The third kappa shape index (κ3) is 2.97. The Hall–Kier alpha value is -1.51. The third-order valence-electron chi connectivity index (χ3n) is 3.12. The van der Waals surface area contributed by atoms with Crippen molar-refractivity contribution in [3.05, 3.63) is 24.0 Å². The molecule has 1 aliphatic heterocycles. The van der Waals surface area contributed by atoms with Crippen LogP contribution in [0.15, 0.2) is 23.1 Å². The molecule has 2 rings (SSSR count). The molecule has 1 saturated heterocycles. The van der Waals surface area contributed by atoms with Gasteiger partial charge in [-0.3, -0.25) is 4.79 Å². The Morgan fingerprint density at radius 2 is 2.20 bits per heavy atom. The van der Waals surface area contributed by atoms with Gasteiger partial charge in [0.1, 0.15) is 11.4 Å². The van der Waals surface area contributed by atoms with E-state index in [1.807, 2.05) is 0 Å². The number of carbonyl (C=O) groups is 1. The molecule has 3 N–H and O–H groups in total. The Labute approximate surface area is 116 Å². The van der Waals surface area contributed by atoms with Crippen LogP contribution in [0.25, 0.3) is 0 Å². The minimum absolute atomic E-state index is 0.0478. The first kappa shape index (κ1) is 14.9. The molecule has 0 radical (unpaired) electrons. The second-order valence-electron chi connectivity index (χ2n) is 4.83. The zero-order valence-corrected chi connectivity index (χ0v) is 11.7. The standard InChI is InChI=1S/C12H15FN2O4S/c1-20(17,18)8-2-3-9(13)10(6-8)15-11(16)12(14)4-5-19-7-12/h2-3,6H,4-5,7,14H2,1H3,(H,15,16). The van der Waals surface area contributed by atoms with Gasteiger partial charge < -0.3 is 15.8 Å². The maximum atomic E-state index is 13.6. The van der Waals surface area contributed by atoms with Crippen LogP contribution in [-0.4, -0.2) is 39.3 Å². The zero-order chi connectivity index (χ0) is 15.0. The molecule has 0 bridgehead atoms. The fourth-order valence-electron chi connectivity index (χ4n) is 1.84. The number of rotatable bonds is 3. The molecule has 0 aromatic heterocycles. The minimum Gasteiger partial charge on any atom is -0.379 e. The van der Waals surface area contributed by atoms with Crippen LogP contribution in [0.5, 0.6) is 0 Å². The van der Waals surface area contributed by atoms with Crippen molar-refractivity contribution in [3.8, 4) is 0 Å². The molecular formula is C12H15FN2O4S. The summed E-state index contributed by atoms with van der Waals surface area (Å²) in [6.45, 7) is 0.405. The molecule has 1 fully saturated rings. The van der Waals surface area contributed by atoms with Gasteiger partial charge in [-0.05, 0) is 24.6 Å². The summed E-state index contributed by atoms with van der Waals surface area (Å²) in [5, 5.41) is 2.32. The van der Waals surface area contributed by atoms with Gasteiger partial charge in [0, 0.05) is 12.9 Å². The normalized spacial score (nSPS) is 22.8. The van der Waals surface area contributed by atoms with Crippen LogP contribution in [0.2, 0.25) is 0 Å². The first-order valence-corrected chi connectivity index (χ1v) is 7.79. The Morgan fingerprint density at radius 3 is 2.75 bits per heavy atom. The summed E-state index contributed by atoms with van der Waals surface area (Å²) in [7, 11) is -3.49. The second-order valence-corrected chi connectivity index (χ2v) is 6.84. The summed E-state index contributed by atoms with van der Waals surface area (Å²) < 4.78 is 41.5. The first-order chi connectivity index (χ1) is 9.22. The minimum atomic E-state index is -3.49. The summed E-state index contributed by atoms with van der Waals surface area (Å²) in [5.41, 5.74) is 4.42. The van der Waals surface area contributed by atoms with Crippen molar-refractivity contribution in [2.24, 2.45) is 5.73 Å². The average Bonchev–Trinajstić information content (AvgIpc) is 2.79. The van der Waals surface area contributed by atoms with Gasteiger partial charge in [-0.1, -0.05) is 0 Å². The quantitative estimate of drug-likeness (QED) is 0.782. The Kier molecular flexibility index (Phi) is 3.81. The highest BCUT2D eigenvalue weighted by Gasteiger charge is 2.38. The number of amides is 1. The monoisotopic (exact) mass is 302 g/mol. The van der Waals surface area contributed by atoms with Gasteiger partial charge in [0.05, 0.1) is 17.2 Å². The van der Waals surface area contributed by atoms with E-state index in [4.69, 9.17) is 10.5 Å². The Bertz CT molecular complexity index is 639. The van der Waals surface area contributed by atoms with E-state index in [2.05, 4.69) is 5.32 Å². The molecule has 20 heavy (non-hydrogen) atoms. The number of ether oxygens (including phenoxy) is 1. The maximum absolute atomic E-state index is 13.6. The van der Waals surface area contributed by atoms with Crippen LogP contribution < -0.4 is 11.1 Å². The predicted molar refractivity (Wildman–Crippen MR) is 70.5 cm³/mol. The van der Waals surface area contributed by atoms with Crippen LogP contribution in [0.3, 0.4) is 0 Å². The van der Waals surface area contributed by atoms with E-state index in [1.165, 1.54) is 0 Å². The predicted octanol–water partition coefficient (Wildman–Crippen LogP) is 0.285. The lowest BCUT2D eigenvalue weighted by molar-refractivity contribution is -0.121. The van der Waals surface area contributed by atoms with Gasteiger partial charge in [0.15, 0.2) is 9.84 Å². The van der Waals surface area contributed by atoms with Gasteiger partial charge in [-0.2, -0.15) is 0 Å². The highest BCUT2D eigenvalue weighted by molar-refractivity contribution is 7.90. The van der Waals surface area contributed by atoms with E-state index in [9.17, 15) is 17.6 Å². The highest BCUT2D eigenvalue weighted by atomic mass is 32.2. The van der Waals surface area contributed by atoms with Crippen molar-refractivity contribution in [2.75, 3.05) is 24.8 Å². The lowest BCUT2D eigenvalue weighted by Gasteiger charge is -2.21. The smallest absolute Gasteiger partial charge is 0.247 e. The summed E-state index contributed by atoms with van der Waals surface area (Å²) in [6.07, 6.45) is 1.33. The number of sulfone groups is 1. The van der Waals surface area contributed by atoms with Crippen molar-refractivity contribution in [1.29, 1.82) is 0 Å². The number of nitrogens with two attached hydrogens (primary N) is 1. The van der Waals surface area contributed by atoms with Crippen molar-refractivity contribution in [1.82, 2.24) is 0 Å². The summed E-state index contributed by atoms with van der Waals surface area (Å²) >= 11 is 0. The highest BCUT2D eigenvalue weighted by Crippen LogP contribution is 2.22. The molecule has 0 aliphatic carbocycles. The number of carbonyl (C=O) groups excluding carboxylic acids is 1. The SMILES string of the molecule is CS(=O)(=O)c1ccc(F)c(NC(=O)C2(N)CCOC2)c1. The van der Waals surface area contributed by atoms with E-state index in [0.717, 1.165) is 24.5 Å². The van der Waals surface area contributed by atoms with E-state index in [0.29, 0.717) is 13.0 Å². The topological polar surface area (TPSA) is 98.5 Å². The molecule has 6 nitrogen and oxygen atoms in total. The van der Waals surface area contributed by atoms with Gasteiger partial charge in [-0.15, -0.1) is 0 Å². The molecule has 1 aliphatic rings. The second kappa shape index (κ2) is 5.12. The largest absolute Gasteiger partial charge is 0.379 e. The van der Waals surface area contributed by atoms with Crippen LogP contribution in [0, 0.1) is 5.82 Å². The number of hydrogen-bond donors (Lipinski definition) is 2. The molecule has 110 valence electrons. The number of benzene rings is 1. The van der Waals surface area contributed by atoms with Crippen molar-refractivity contribution in [2.45, 2.75) is 16.9 Å². The van der Waals surface area contributed by atoms with E-state index < -0.39 is 27.1 Å². The van der Waals surface area contributed by atoms with Gasteiger partial charge >= 0.3 is 0 Å². The van der Waals surface area contributed by atoms with Gasteiger partial charge in [0.25, 0.3) is 0 Å². The molecule has 1 aromatic rings. The van der Waals surface area contributed by atoms with Crippen LogP contribution in [0.4, 0.5) is 10.1 Å². The lowest BCUT2D eigenvalue weighted by Crippen LogP contribution is -2.51. The molecule has 1 heterocycles. The van der Waals surface area contributed by atoms with E-state index in [1.54, 1.807) is 0 Å². The average molecular weight is 302 g/mol. The zero-order valence-electron chi connectivity index (χ0n) is 10.8. The number of halogens is 1.